The summed E-state index contributed by atoms with van der Waals surface area (Å²) in [6, 6.07) is 5.07. The highest BCUT2D eigenvalue weighted by Crippen LogP contribution is 2.24. The van der Waals surface area contributed by atoms with Gasteiger partial charge in [0.05, 0.1) is 0 Å². The van der Waals surface area contributed by atoms with Gasteiger partial charge in [-0.25, -0.2) is 0 Å². The van der Waals surface area contributed by atoms with Crippen molar-refractivity contribution < 1.29 is 0 Å². The molecule has 1 rings (SSSR count). The molecular weight excluding hydrogens is 252 g/mol. The third-order valence-electron chi connectivity index (χ3n) is 4.41. The third-order valence-corrected chi connectivity index (χ3v) is 4.41. The first-order chi connectivity index (χ1) is 10.3. The fourth-order valence-electron chi connectivity index (χ4n) is 3.15. The van der Waals surface area contributed by atoms with Crippen molar-refractivity contribution in [2.24, 2.45) is 0 Å². The molecule has 0 nitrogen and oxygen atoms in total. The van der Waals surface area contributed by atoms with Crippen LogP contribution in [0.2, 0.25) is 0 Å². The largest absolute Gasteiger partial charge is 0.0654 e. The van der Waals surface area contributed by atoms with E-state index in [0.29, 0.717) is 0 Å². The Morgan fingerprint density at radius 3 is 1.48 bits per heavy atom. The van der Waals surface area contributed by atoms with E-state index < -0.39 is 0 Å². The average Bonchev–Trinajstić information content (AvgIpc) is 2.50. The van der Waals surface area contributed by atoms with E-state index in [-0.39, 0.29) is 0 Å². The number of benzene rings is 1. The van der Waals surface area contributed by atoms with Gasteiger partial charge in [-0.05, 0) is 67.2 Å². The van der Waals surface area contributed by atoms with Crippen LogP contribution < -0.4 is 0 Å². The van der Waals surface area contributed by atoms with Crippen LogP contribution >= 0.6 is 0 Å². The number of rotatable bonds is 11. The first-order valence-electron chi connectivity index (χ1n) is 9.40. The Hall–Kier alpha value is -0.780. The van der Waals surface area contributed by atoms with Crippen LogP contribution in [0.5, 0.6) is 0 Å². The van der Waals surface area contributed by atoms with Crippen LogP contribution in [-0.4, -0.2) is 0 Å². The summed E-state index contributed by atoms with van der Waals surface area (Å²) in [5.74, 6) is 0. The molecule has 0 spiro atoms. The maximum Gasteiger partial charge on any atom is -0.0276 e. The van der Waals surface area contributed by atoms with E-state index >= 15 is 0 Å². The zero-order valence-electron chi connectivity index (χ0n) is 14.9. The van der Waals surface area contributed by atoms with E-state index in [0.717, 1.165) is 0 Å². The first-order valence-corrected chi connectivity index (χ1v) is 9.40. The maximum atomic E-state index is 2.53. The number of hydrogen-bond acceptors (Lipinski definition) is 0. The van der Waals surface area contributed by atoms with Crippen molar-refractivity contribution in [1.82, 2.24) is 0 Å². The highest BCUT2D eigenvalue weighted by atomic mass is 14.2. The molecule has 0 heterocycles. The van der Waals surface area contributed by atoms with Crippen LogP contribution in [-0.2, 0) is 25.7 Å². The SMILES string of the molecule is CCCCc1cc(CCCC)c(CCC)c(CCCC)c1. The Balaban J connectivity index is 3.07. The summed E-state index contributed by atoms with van der Waals surface area (Å²) in [6.45, 7) is 9.22. The van der Waals surface area contributed by atoms with E-state index in [4.69, 9.17) is 0 Å². The van der Waals surface area contributed by atoms with Crippen LogP contribution in [0.15, 0.2) is 12.1 Å². The second-order valence-electron chi connectivity index (χ2n) is 6.45. The number of hydrogen-bond donors (Lipinski definition) is 0. The van der Waals surface area contributed by atoms with E-state index in [2.05, 4.69) is 39.8 Å². The highest BCUT2D eigenvalue weighted by molar-refractivity contribution is 5.40. The molecule has 1 aromatic rings. The smallest absolute Gasteiger partial charge is 0.0276 e. The molecule has 0 aromatic heterocycles. The van der Waals surface area contributed by atoms with Crippen LogP contribution in [0.4, 0.5) is 0 Å². The fourth-order valence-corrected chi connectivity index (χ4v) is 3.15. The minimum atomic E-state index is 1.27. The van der Waals surface area contributed by atoms with Gasteiger partial charge in [0.2, 0.25) is 0 Å². The molecule has 0 aliphatic carbocycles. The predicted octanol–water partition coefficient (Wildman–Crippen LogP) is 6.67. The van der Waals surface area contributed by atoms with E-state index in [9.17, 15) is 0 Å². The lowest BCUT2D eigenvalue weighted by Crippen LogP contribution is -2.04. The van der Waals surface area contributed by atoms with E-state index in [1.165, 1.54) is 70.6 Å². The normalized spacial score (nSPS) is 11.0. The summed E-state index contributed by atoms with van der Waals surface area (Å²) in [6.07, 6.45) is 14.3. The van der Waals surface area contributed by atoms with Gasteiger partial charge in [-0.2, -0.15) is 0 Å². The van der Waals surface area contributed by atoms with Crippen LogP contribution in [0.25, 0.3) is 0 Å². The topological polar surface area (TPSA) is 0 Å². The quantitative estimate of drug-likeness (QED) is 0.426. The van der Waals surface area contributed by atoms with Gasteiger partial charge in [-0.15, -0.1) is 0 Å². The molecule has 0 unspecified atom stereocenters. The Labute approximate surface area is 133 Å². The fraction of sp³-hybridized carbons (Fsp3) is 0.714. The lowest BCUT2D eigenvalue weighted by Gasteiger charge is -2.17. The molecule has 0 heteroatoms. The zero-order chi connectivity index (χ0) is 15.5. The second-order valence-corrected chi connectivity index (χ2v) is 6.45. The standard InChI is InChI=1S/C21H36/c1-5-9-13-18-16-19(14-10-6-2)21(12-8-4)20(17-18)15-11-7-3/h16-17H,5-15H2,1-4H3. The summed E-state index contributed by atoms with van der Waals surface area (Å²) < 4.78 is 0. The van der Waals surface area contributed by atoms with Gasteiger partial charge in [-0.1, -0.05) is 65.5 Å². The zero-order valence-corrected chi connectivity index (χ0v) is 14.9. The molecule has 0 saturated heterocycles. The summed E-state index contributed by atoms with van der Waals surface area (Å²) in [7, 11) is 0. The molecule has 21 heavy (non-hydrogen) atoms. The van der Waals surface area contributed by atoms with Crippen molar-refractivity contribution >= 4 is 0 Å². The van der Waals surface area contributed by atoms with Gasteiger partial charge in [0.1, 0.15) is 0 Å². The predicted molar refractivity (Wildman–Crippen MR) is 96.3 cm³/mol. The van der Waals surface area contributed by atoms with Gasteiger partial charge >= 0.3 is 0 Å². The van der Waals surface area contributed by atoms with Gasteiger partial charge in [0.15, 0.2) is 0 Å². The minimum absolute atomic E-state index is 1.27. The summed E-state index contributed by atoms with van der Waals surface area (Å²) >= 11 is 0. The van der Waals surface area contributed by atoms with Crippen molar-refractivity contribution in [3.05, 3.63) is 34.4 Å². The van der Waals surface area contributed by atoms with E-state index in [1.54, 1.807) is 22.3 Å². The molecule has 0 amide bonds. The molecular formula is C21H36. The molecule has 0 saturated carbocycles. The summed E-state index contributed by atoms with van der Waals surface area (Å²) in [5.41, 5.74) is 6.62. The Morgan fingerprint density at radius 2 is 1.05 bits per heavy atom. The first kappa shape index (κ1) is 18.3. The van der Waals surface area contributed by atoms with Crippen molar-refractivity contribution in [3.8, 4) is 0 Å². The Bertz CT molecular complexity index is 360. The van der Waals surface area contributed by atoms with Gasteiger partial charge in [0, 0.05) is 0 Å². The maximum absolute atomic E-state index is 2.53. The van der Waals surface area contributed by atoms with Gasteiger partial charge in [-0.3, -0.25) is 0 Å². The molecule has 0 aliphatic heterocycles. The Morgan fingerprint density at radius 1 is 0.571 bits per heavy atom. The van der Waals surface area contributed by atoms with Crippen LogP contribution in [0, 0.1) is 0 Å². The number of aryl methyl sites for hydroxylation is 3. The summed E-state index contributed by atoms with van der Waals surface area (Å²) in [4.78, 5) is 0. The molecule has 120 valence electrons. The molecule has 0 bridgehead atoms. The lowest BCUT2D eigenvalue weighted by atomic mass is 9.88. The lowest BCUT2D eigenvalue weighted by molar-refractivity contribution is 0.745. The molecule has 0 N–H and O–H groups in total. The third kappa shape index (κ3) is 6.24. The van der Waals surface area contributed by atoms with Crippen molar-refractivity contribution in [3.63, 3.8) is 0 Å². The molecule has 0 aliphatic rings. The van der Waals surface area contributed by atoms with Crippen LogP contribution in [0.3, 0.4) is 0 Å². The van der Waals surface area contributed by atoms with Gasteiger partial charge in [0.25, 0.3) is 0 Å². The molecule has 0 atom stereocenters. The van der Waals surface area contributed by atoms with Crippen molar-refractivity contribution in [1.29, 1.82) is 0 Å². The Kier molecular flexibility index (Phi) is 9.46. The summed E-state index contributed by atoms with van der Waals surface area (Å²) in [5, 5.41) is 0. The van der Waals surface area contributed by atoms with Gasteiger partial charge < -0.3 is 0 Å². The minimum Gasteiger partial charge on any atom is -0.0654 e. The monoisotopic (exact) mass is 288 g/mol. The van der Waals surface area contributed by atoms with Crippen molar-refractivity contribution in [2.75, 3.05) is 0 Å². The molecule has 0 radical (unpaired) electrons. The van der Waals surface area contributed by atoms with Crippen molar-refractivity contribution in [2.45, 2.75) is 98.3 Å². The second kappa shape index (κ2) is 10.9. The highest BCUT2D eigenvalue weighted by Gasteiger charge is 2.10. The average molecular weight is 289 g/mol. The number of unbranched alkanes of at least 4 members (excludes halogenated alkanes) is 3. The molecule has 1 aromatic carbocycles. The van der Waals surface area contributed by atoms with Crippen LogP contribution in [0.1, 0.15) is 94.9 Å². The van der Waals surface area contributed by atoms with E-state index in [1.807, 2.05) is 0 Å². The molecule has 0 fully saturated rings.